The van der Waals surface area contributed by atoms with Gasteiger partial charge in [-0.3, -0.25) is 24.1 Å². The number of nitrogens with one attached hydrogen (secondary N) is 1. The quantitative estimate of drug-likeness (QED) is 0.394. The van der Waals surface area contributed by atoms with Crippen LogP contribution in [0.15, 0.2) is 12.2 Å². The van der Waals surface area contributed by atoms with Crippen molar-refractivity contribution in [1.29, 1.82) is 0 Å². The van der Waals surface area contributed by atoms with Gasteiger partial charge in [-0.1, -0.05) is 55.4 Å². The van der Waals surface area contributed by atoms with Crippen molar-refractivity contribution in [3.05, 3.63) is 12.2 Å². The van der Waals surface area contributed by atoms with E-state index < -0.39 is 16.2 Å². The molecule has 0 fully saturated rings. The summed E-state index contributed by atoms with van der Waals surface area (Å²) >= 11 is 0. The van der Waals surface area contributed by atoms with Crippen LogP contribution < -0.4 is 5.32 Å². The maximum atomic E-state index is 12.8. The van der Waals surface area contributed by atoms with E-state index in [4.69, 9.17) is 4.74 Å². The van der Waals surface area contributed by atoms with Crippen LogP contribution in [0.5, 0.6) is 0 Å². The van der Waals surface area contributed by atoms with Crippen LogP contribution in [-0.2, 0) is 23.9 Å². The topological polar surface area (TPSA) is 92.8 Å². The van der Waals surface area contributed by atoms with E-state index in [9.17, 15) is 19.2 Å². The summed E-state index contributed by atoms with van der Waals surface area (Å²) in [5.74, 6) is -0.425. The van der Waals surface area contributed by atoms with Crippen molar-refractivity contribution in [3.8, 4) is 0 Å². The van der Waals surface area contributed by atoms with Gasteiger partial charge in [0.15, 0.2) is 0 Å². The Labute approximate surface area is 199 Å². The molecule has 1 atom stereocenters. The maximum absolute atomic E-state index is 12.8. The number of ketones is 1. The highest BCUT2D eigenvalue weighted by Gasteiger charge is 2.38. The van der Waals surface area contributed by atoms with Crippen molar-refractivity contribution in [3.63, 3.8) is 0 Å². The molecule has 0 bridgehead atoms. The van der Waals surface area contributed by atoms with E-state index in [0.29, 0.717) is 32.4 Å². The minimum Gasteiger partial charge on any atom is -0.378 e. The Morgan fingerprint density at radius 3 is 2.03 bits per heavy atom. The lowest BCUT2D eigenvalue weighted by molar-refractivity contribution is -0.139. The summed E-state index contributed by atoms with van der Waals surface area (Å²) in [4.78, 5) is 50.1. The summed E-state index contributed by atoms with van der Waals surface area (Å²) in [6, 6.07) is 0. The van der Waals surface area contributed by atoms with E-state index in [2.05, 4.69) is 5.32 Å². The first kappa shape index (κ1) is 29.0. The van der Waals surface area contributed by atoms with Crippen molar-refractivity contribution in [2.45, 2.75) is 87.7 Å². The van der Waals surface area contributed by atoms with E-state index in [0.717, 1.165) is 0 Å². The summed E-state index contributed by atoms with van der Waals surface area (Å²) in [7, 11) is 0. The first-order valence-corrected chi connectivity index (χ1v) is 12.0. The van der Waals surface area contributed by atoms with Crippen molar-refractivity contribution in [1.82, 2.24) is 10.2 Å². The number of carbonyl (C=O) groups excluding carboxylic acids is 4. The van der Waals surface area contributed by atoms with Crippen molar-refractivity contribution >= 4 is 23.5 Å². The highest BCUT2D eigenvalue weighted by atomic mass is 16.5. The smallest absolute Gasteiger partial charge is 0.253 e. The van der Waals surface area contributed by atoms with Gasteiger partial charge >= 0.3 is 0 Å². The highest BCUT2D eigenvalue weighted by molar-refractivity contribution is 6.12. The zero-order chi connectivity index (χ0) is 25.6. The summed E-state index contributed by atoms with van der Waals surface area (Å²) in [6.07, 6.45) is 4.39. The van der Waals surface area contributed by atoms with Crippen molar-refractivity contribution < 1.29 is 23.9 Å². The summed E-state index contributed by atoms with van der Waals surface area (Å²) in [5, 5.41) is 2.99. The van der Waals surface area contributed by atoms with Gasteiger partial charge in [-0.15, -0.1) is 0 Å². The minimum absolute atomic E-state index is 0.00830. The largest absolute Gasteiger partial charge is 0.378 e. The average molecular weight is 465 g/mol. The van der Waals surface area contributed by atoms with Gasteiger partial charge in [-0.2, -0.15) is 0 Å². The molecule has 0 saturated carbocycles. The molecule has 7 nitrogen and oxygen atoms in total. The molecule has 0 aromatic rings. The molecule has 7 heteroatoms. The molecule has 1 heterocycles. The molecule has 0 saturated heterocycles. The van der Waals surface area contributed by atoms with Crippen molar-refractivity contribution in [2.75, 3.05) is 19.7 Å². The molecule has 0 radical (unpaired) electrons. The molecular weight excluding hydrogens is 420 g/mol. The van der Waals surface area contributed by atoms with Crippen LogP contribution in [-0.4, -0.2) is 54.2 Å². The lowest BCUT2D eigenvalue weighted by atomic mass is 9.74. The van der Waals surface area contributed by atoms with Crippen LogP contribution in [0.25, 0.3) is 0 Å². The molecule has 1 aliphatic rings. The van der Waals surface area contributed by atoms with E-state index in [1.807, 2.05) is 62.3 Å². The van der Waals surface area contributed by atoms with Crippen LogP contribution in [0, 0.1) is 22.2 Å². The van der Waals surface area contributed by atoms with Gasteiger partial charge in [0, 0.05) is 48.6 Å². The predicted molar refractivity (Wildman–Crippen MR) is 129 cm³/mol. The monoisotopic (exact) mass is 464 g/mol. The van der Waals surface area contributed by atoms with E-state index in [1.165, 1.54) is 17.1 Å². The Balaban J connectivity index is 2.43. The van der Waals surface area contributed by atoms with Gasteiger partial charge in [-0.25, -0.2) is 0 Å². The number of imide groups is 1. The van der Waals surface area contributed by atoms with Crippen LogP contribution >= 0.6 is 0 Å². The standard InChI is InChI=1S/C26H44N2O5/c1-18(2)22(31)25(6,7)13-15-33-19(3)12-14-27-23(32)26(8,9)16-24(4,5)17-28-20(29)10-11-21(28)30/h10-11,18-19H,12-17H2,1-9H3,(H,27,32). The predicted octanol–water partition coefficient (Wildman–Crippen LogP) is 3.91. The SMILES string of the molecule is CC(CCNC(=O)C(C)(C)CC(C)(C)CN1C(=O)C=CC1=O)OCCC(C)(C)C(=O)C(C)C. The van der Waals surface area contributed by atoms with Gasteiger partial charge in [0.1, 0.15) is 5.78 Å². The number of amides is 3. The van der Waals surface area contributed by atoms with Gasteiger partial charge in [0.2, 0.25) is 5.91 Å². The molecule has 0 aromatic heterocycles. The number of hydrogen-bond acceptors (Lipinski definition) is 5. The summed E-state index contributed by atoms with van der Waals surface area (Å²) < 4.78 is 5.87. The fraction of sp³-hybridized carbons (Fsp3) is 0.769. The maximum Gasteiger partial charge on any atom is 0.253 e. The molecule has 0 aromatic carbocycles. The van der Waals surface area contributed by atoms with Crippen LogP contribution in [0.2, 0.25) is 0 Å². The van der Waals surface area contributed by atoms with Crippen molar-refractivity contribution in [2.24, 2.45) is 22.2 Å². The summed E-state index contributed by atoms with van der Waals surface area (Å²) in [5.41, 5.74) is -1.47. The zero-order valence-corrected chi connectivity index (χ0v) is 22.0. The Hall–Kier alpha value is -2.02. The normalized spacial score (nSPS) is 16.0. The van der Waals surface area contributed by atoms with Gasteiger partial charge in [0.05, 0.1) is 6.10 Å². The van der Waals surface area contributed by atoms with E-state index >= 15 is 0 Å². The first-order valence-electron chi connectivity index (χ1n) is 12.0. The summed E-state index contributed by atoms with van der Waals surface area (Å²) in [6.45, 7) is 18.7. The third-order valence-electron chi connectivity index (χ3n) is 6.18. The lowest BCUT2D eigenvalue weighted by Gasteiger charge is -2.36. The third kappa shape index (κ3) is 9.03. The molecule has 188 valence electrons. The third-order valence-corrected chi connectivity index (χ3v) is 6.18. The lowest BCUT2D eigenvalue weighted by Crippen LogP contribution is -2.44. The molecule has 33 heavy (non-hydrogen) atoms. The molecule has 1 unspecified atom stereocenters. The fourth-order valence-corrected chi connectivity index (χ4v) is 4.48. The number of Topliss-reactive ketones (excluding diaryl/α,β-unsaturated/α-hetero) is 1. The minimum atomic E-state index is -0.659. The second-order valence-corrected chi connectivity index (χ2v) is 11.7. The second kappa shape index (κ2) is 11.4. The molecule has 1 N–H and O–H groups in total. The van der Waals surface area contributed by atoms with Crippen LogP contribution in [0.3, 0.4) is 0 Å². The number of carbonyl (C=O) groups is 4. The first-order chi connectivity index (χ1) is 15.0. The number of nitrogens with zero attached hydrogens (tertiary/aromatic N) is 1. The number of rotatable bonds is 14. The fourth-order valence-electron chi connectivity index (χ4n) is 4.48. The van der Waals surface area contributed by atoms with Crippen LogP contribution in [0.4, 0.5) is 0 Å². The van der Waals surface area contributed by atoms with Gasteiger partial charge in [-0.05, 0) is 31.6 Å². The number of ether oxygens (including phenoxy) is 1. The highest BCUT2D eigenvalue weighted by Crippen LogP contribution is 2.35. The van der Waals surface area contributed by atoms with Gasteiger partial charge < -0.3 is 10.1 Å². The zero-order valence-electron chi connectivity index (χ0n) is 22.0. The average Bonchev–Trinajstić information content (AvgIpc) is 2.97. The Morgan fingerprint density at radius 2 is 1.52 bits per heavy atom. The molecule has 0 spiro atoms. The molecule has 1 rings (SSSR count). The number of hydrogen-bond donors (Lipinski definition) is 1. The van der Waals surface area contributed by atoms with E-state index in [1.54, 1.807) is 0 Å². The van der Waals surface area contributed by atoms with Crippen LogP contribution in [0.1, 0.15) is 81.6 Å². The molecule has 0 aliphatic carbocycles. The van der Waals surface area contributed by atoms with E-state index in [-0.39, 0.29) is 42.1 Å². The van der Waals surface area contributed by atoms with Gasteiger partial charge in [0.25, 0.3) is 11.8 Å². The Morgan fingerprint density at radius 1 is 0.970 bits per heavy atom. The molecular formula is C26H44N2O5. The second-order valence-electron chi connectivity index (χ2n) is 11.7. The molecule has 3 amide bonds. The molecule has 1 aliphatic heterocycles. The Bertz CT molecular complexity index is 747. The Kier molecular flexibility index (Phi) is 10.0.